The molecule has 3 rings (SSSR count). The molecule has 8 nitrogen and oxygen atoms in total. The zero-order chi connectivity index (χ0) is 20.8. The van der Waals surface area contributed by atoms with E-state index in [0.717, 1.165) is 46.5 Å². The number of hydrogen-bond acceptors (Lipinski definition) is 5. The van der Waals surface area contributed by atoms with Crippen LogP contribution in [-0.2, 0) is 13.0 Å². The summed E-state index contributed by atoms with van der Waals surface area (Å²) >= 11 is 0. The van der Waals surface area contributed by atoms with Gasteiger partial charge in [-0.3, -0.25) is 9.39 Å². The van der Waals surface area contributed by atoms with E-state index in [0.29, 0.717) is 13.1 Å². The first-order chi connectivity index (χ1) is 14.1. The van der Waals surface area contributed by atoms with E-state index in [-0.39, 0.29) is 0 Å². The minimum Gasteiger partial charge on any atom is -0.493 e. The zero-order valence-corrected chi connectivity index (χ0v) is 17.6. The van der Waals surface area contributed by atoms with E-state index in [1.54, 1.807) is 21.3 Å². The van der Waals surface area contributed by atoms with Crippen LogP contribution in [0.1, 0.15) is 17.0 Å². The molecule has 0 amide bonds. The summed E-state index contributed by atoms with van der Waals surface area (Å²) in [5.74, 6) is 3.19. The van der Waals surface area contributed by atoms with Gasteiger partial charge in [0.25, 0.3) is 0 Å². The molecule has 0 fully saturated rings. The maximum atomic E-state index is 5.44. The van der Waals surface area contributed by atoms with Crippen molar-refractivity contribution in [1.29, 1.82) is 0 Å². The molecule has 0 unspecified atom stereocenters. The Balaban J connectivity index is 1.63. The molecule has 0 spiro atoms. The van der Waals surface area contributed by atoms with Crippen LogP contribution >= 0.6 is 0 Å². The summed E-state index contributed by atoms with van der Waals surface area (Å²) in [4.78, 5) is 6.48. The number of guanidine groups is 1. The molecular formula is C21H28N6O2. The second kappa shape index (κ2) is 9.27. The highest BCUT2D eigenvalue weighted by Crippen LogP contribution is 2.30. The van der Waals surface area contributed by atoms with Gasteiger partial charge >= 0.3 is 0 Å². The van der Waals surface area contributed by atoms with Gasteiger partial charge in [-0.1, -0.05) is 6.07 Å². The number of aliphatic imine (C=N–C) groups is 1. The van der Waals surface area contributed by atoms with Crippen molar-refractivity contribution in [2.45, 2.75) is 19.9 Å². The molecule has 29 heavy (non-hydrogen) atoms. The average molecular weight is 396 g/mol. The van der Waals surface area contributed by atoms with E-state index in [1.807, 2.05) is 48.0 Å². The molecule has 2 heterocycles. The summed E-state index contributed by atoms with van der Waals surface area (Å²) in [5.41, 5.74) is 3.14. The number of nitrogens with zero attached hydrogens (tertiary/aromatic N) is 5. The fourth-order valence-corrected chi connectivity index (χ4v) is 3.26. The number of nitrogens with one attached hydrogen (secondary N) is 1. The van der Waals surface area contributed by atoms with Crippen LogP contribution < -0.4 is 14.8 Å². The molecule has 0 atom stereocenters. The molecule has 3 aromatic rings. The first-order valence-electron chi connectivity index (χ1n) is 9.49. The Kier molecular flexibility index (Phi) is 6.54. The third kappa shape index (κ3) is 4.59. The predicted octanol–water partition coefficient (Wildman–Crippen LogP) is 2.30. The highest BCUT2D eigenvalue weighted by atomic mass is 16.5. The summed E-state index contributed by atoms with van der Waals surface area (Å²) < 4.78 is 12.8. The van der Waals surface area contributed by atoms with Crippen LogP contribution in [-0.4, -0.2) is 60.3 Å². The average Bonchev–Trinajstić information content (AvgIpc) is 3.15. The standard InChI is InChI=1S/C21H28N6O2/c1-15-12-17(28-4)18(29-5)13-16(15)14-26(3)21(22-2)23-10-9-20-25-24-19-8-6-7-11-27(19)20/h6-8,11-13H,9-10,14H2,1-5H3,(H,22,23). The van der Waals surface area contributed by atoms with Crippen LogP contribution in [0.2, 0.25) is 0 Å². The number of rotatable bonds is 7. The van der Waals surface area contributed by atoms with Gasteiger partial charge < -0.3 is 19.7 Å². The topological polar surface area (TPSA) is 76.3 Å². The molecule has 1 aromatic carbocycles. The quantitative estimate of drug-likeness (QED) is 0.488. The van der Waals surface area contributed by atoms with Crippen molar-refractivity contribution < 1.29 is 9.47 Å². The minimum absolute atomic E-state index is 0.694. The summed E-state index contributed by atoms with van der Waals surface area (Å²) in [6.07, 6.45) is 2.72. The van der Waals surface area contributed by atoms with Gasteiger partial charge in [-0.05, 0) is 42.3 Å². The van der Waals surface area contributed by atoms with Crippen LogP contribution in [0.3, 0.4) is 0 Å². The molecule has 154 valence electrons. The number of ether oxygens (including phenoxy) is 2. The van der Waals surface area contributed by atoms with Crippen LogP contribution in [0.25, 0.3) is 5.65 Å². The number of methoxy groups -OCH3 is 2. The number of benzene rings is 1. The van der Waals surface area contributed by atoms with E-state index >= 15 is 0 Å². The first kappa shape index (κ1) is 20.4. The van der Waals surface area contributed by atoms with Gasteiger partial charge in [-0.25, -0.2) is 0 Å². The lowest BCUT2D eigenvalue weighted by molar-refractivity contribution is 0.353. The third-order valence-corrected chi connectivity index (χ3v) is 4.84. The van der Waals surface area contributed by atoms with Crippen molar-refractivity contribution in [2.75, 3.05) is 34.9 Å². The van der Waals surface area contributed by atoms with Gasteiger partial charge in [0, 0.05) is 39.8 Å². The van der Waals surface area contributed by atoms with Gasteiger partial charge in [-0.15, -0.1) is 10.2 Å². The van der Waals surface area contributed by atoms with Crippen molar-refractivity contribution >= 4 is 11.6 Å². The lowest BCUT2D eigenvalue weighted by Crippen LogP contribution is -2.39. The smallest absolute Gasteiger partial charge is 0.193 e. The molecular weight excluding hydrogens is 368 g/mol. The zero-order valence-electron chi connectivity index (χ0n) is 17.6. The normalized spacial score (nSPS) is 11.6. The molecule has 8 heteroatoms. The van der Waals surface area contributed by atoms with Gasteiger partial charge in [0.2, 0.25) is 0 Å². The number of aryl methyl sites for hydroxylation is 1. The Morgan fingerprint density at radius 2 is 1.93 bits per heavy atom. The SMILES string of the molecule is CN=C(NCCc1nnc2ccccn12)N(C)Cc1cc(OC)c(OC)cc1C. The van der Waals surface area contributed by atoms with Crippen LogP contribution in [0, 0.1) is 6.92 Å². The second-order valence-corrected chi connectivity index (χ2v) is 6.76. The third-order valence-electron chi connectivity index (χ3n) is 4.84. The highest BCUT2D eigenvalue weighted by molar-refractivity contribution is 5.79. The Morgan fingerprint density at radius 3 is 2.66 bits per heavy atom. The Bertz CT molecular complexity index is 998. The van der Waals surface area contributed by atoms with E-state index in [2.05, 4.69) is 32.3 Å². The largest absolute Gasteiger partial charge is 0.493 e. The Morgan fingerprint density at radius 1 is 1.17 bits per heavy atom. The number of fused-ring (bicyclic) bond motifs is 1. The summed E-state index contributed by atoms with van der Waals surface area (Å²) in [6, 6.07) is 9.89. The first-order valence-corrected chi connectivity index (χ1v) is 9.49. The fraction of sp³-hybridized carbons (Fsp3) is 0.381. The molecule has 0 aliphatic rings. The molecule has 2 aromatic heterocycles. The predicted molar refractivity (Wildman–Crippen MR) is 114 cm³/mol. The van der Waals surface area contributed by atoms with E-state index < -0.39 is 0 Å². The van der Waals surface area contributed by atoms with E-state index in [4.69, 9.17) is 9.47 Å². The second-order valence-electron chi connectivity index (χ2n) is 6.76. The molecule has 0 aliphatic heterocycles. The number of aromatic nitrogens is 3. The lowest BCUT2D eigenvalue weighted by atomic mass is 10.1. The van der Waals surface area contributed by atoms with Crippen molar-refractivity contribution in [2.24, 2.45) is 4.99 Å². The minimum atomic E-state index is 0.694. The van der Waals surface area contributed by atoms with Crippen molar-refractivity contribution in [3.05, 3.63) is 53.5 Å². The summed E-state index contributed by atoms with van der Waals surface area (Å²) in [5, 5.41) is 11.9. The molecule has 0 bridgehead atoms. The Labute approximate surface area is 171 Å². The molecule has 0 saturated heterocycles. The molecule has 1 N–H and O–H groups in total. The van der Waals surface area contributed by atoms with Crippen LogP contribution in [0.15, 0.2) is 41.5 Å². The van der Waals surface area contributed by atoms with E-state index in [1.165, 1.54) is 0 Å². The maximum absolute atomic E-state index is 5.44. The highest BCUT2D eigenvalue weighted by Gasteiger charge is 2.13. The lowest BCUT2D eigenvalue weighted by Gasteiger charge is -2.23. The Hall–Kier alpha value is -3.29. The molecule has 0 radical (unpaired) electrons. The number of pyridine rings is 1. The van der Waals surface area contributed by atoms with Crippen LogP contribution in [0.4, 0.5) is 0 Å². The van der Waals surface area contributed by atoms with E-state index in [9.17, 15) is 0 Å². The van der Waals surface area contributed by atoms with Gasteiger partial charge in [0.1, 0.15) is 5.82 Å². The van der Waals surface area contributed by atoms with Gasteiger partial charge in [-0.2, -0.15) is 0 Å². The molecule has 0 saturated carbocycles. The maximum Gasteiger partial charge on any atom is 0.193 e. The van der Waals surface area contributed by atoms with Crippen molar-refractivity contribution in [1.82, 2.24) is 24.8 Å². The monoisotopic (exact) mass is 396 g/mol. The fourth-order valence-electron chi connectivity index (χ4n) is 3.26. The van der Waals surface area contributed by atoms with Crippen molar-refractivity contribution in [3.63, 3.8) is 0 Å². The summed E-state index contributed by atoms with van der Waals surface area (Å²) in [6.45, 7) is 3.47. The number of hydrogen-bond donors (Lipinski definition) is 1. The van der Waals surface area contributed by atoms with Crippen LogP contribution in [0.5, 0.6) is 11.5 Å². The van der Waals surface area contributed by atoms with Crippen molar-refractivity contribution in [3.8, 4) is 11.5 Å². The van der Waals surface area contributed by atoms with Gasteiger partial charge in [0.15, 0.2) is 23.1 Å². The van der Waals surface area contributed by atoms with Gasteiger partial charge in [0.05, 0.1) is 14.2 Å². The summed E-state index contributed by atoms with van der Waals surface area (Å²) in [7, 11) is 7.09. The molecule has 0 aliphatic carbocycles.